The number of nitrogens with one attached hydrogen (secondary N) is 1. The third-order valence-corrected chi connectivity index (χ3v) is 3.66. The monoisotopic (exact) mass is 324 g/mol. The predicted octanol–water partition coefficient (Wildman–Crippen LogP) is 3.51. The summed E-state index contributed by atoms with van der Waals surface area (Å²) in [6.07, 6.45) is 0. The molecule has 0 heterocycles. The first-order valence-corrected chi connectivity index (χ1v) is 6.92. The Morgan fingerprint density at radius 1 is 1.19 bits per heavy atom. The van der Waals surface area contributed by atoms with Crippen LogP contribution in [-0.4, -0.2) is 13.0 Å². The van der Waals surface area contributed by atoms with Gasteiger partial charge in [0.1, 0.15) is 5.75 Å². The molecule has 0 aliphatic heterocycles. The van der Waals surface area contributed by atoms with Gasteiger partial charge < -0.3 is 15.8 Å². The highest BCUT2D eigenvalue weighted by atomic mass is 35.5. The SMILES string of the molecule is COc1ccc(N)cc1CNC(=O)c1ccc(Cl)c(Cl)c1. The fourth-order valence-corrected chi connectivity index (χ4v) is 2.15. The second-order valence-electron chi connectivity index (χ2n) is 4.38. The van der Waals surface area contributed by atoms with E-state index >= 15 is 0 Å². The summed E-state index contributed by atoms with van der Waals surface area (Å²) < 4.78 is 5.23. The maximum Gasteiger partial charge on any atom is 0.251 e. The van der Waals surface area contributed by atoms with E-state index in [1.54, 1.807) is 37.4 Å². The lowest BCUT2D eigenvalue weighted by Crippen LogP contribution is -2.23. The van der Waals surface area contributed by atoms with Crippen molar-refractivity contribution in [1.29, 1.82) is 0 Å². The van der Waals surface area contributed by atoms with Crippen molar-refractivity contribution in [3.8, 4) is 5.75 Å². The molecule has 110 valence electrons. The average molecular weight is 325 g/mol. The smallest absolute Gasteiger partial charge is 0.251 e. The number of nitrogens with two attached hydrogens (primary N) is 1. The molecule has 4 nitrogen and oxygen atoms in total. The van der Waals surface area contributed by atoms with Gasteiger partial charge in [0.2, 0.25) is 0 Å². The number of nitrogen functional groups attached to an aromatic ring is 1. The summed E-state index contributed by atoms with van der Waals surface area (Å²) in [6.45, 7) is 0.299. The van der Waals surface area contributed by atoms with Gasteiger partial charge in [-0.3, -0.25) is 4.79 Å². The molecule has 0 aliphatic carbocycles. The molecule has 6 heteroatoms. The molecule has 0 saturated carbocycles. The quantitative estimate of drug-likeness (QED) is 0.846. The van der Waals surface area contributed by atoms with E-state index in [0.717, 1.165) is 5.56 Å². The van der Waals surface area contributed by atoms with E-state index < -0.39 is 0 Å². The molecule has 2 aromatic rings. The molecule has 0 spiro atoms. The molecule has 0 aliphatic rings. The van der Waals surface area contributed by atoms with Gasteiger partial charge in [0.15, 0.2) is 0 Å². The van der Waals surface area contributed by atoms with Crippen LogP contribution in [0, 0.1) is 0 Å². The number of hydrogen-bond acceptors (Lipinski definition) is 3. The van der Waals surface area contributed by atoms with Gasteiger partial charge in [0.05, 0.1) is 17.2 Å². The molecule has 0 saturated heterocycles. The fourth-order valence-electron chi connectivity index (χ4n) is 1.85. The molecule has 0 aromatic heterocycles. The van der Waals surface area contributed by atoms with Crippen LogP contribution in [0.3, 0.4) is 0 Å². The third-order valence-electron chi connectivity index (χ3n) is 2.93. The van der Waals surface area contributed by atoms with Gasteiger partial charge in [-0.1, -0.05) is 23.2 Å². The second kappa shape index (κ2) is 6.70. The largest absolute Gasteiger partial charge is 0.496 e. The molecule has 0 unspecified atom stereocenters. The summed E-state index contributed by atoms with van der Waals surface area (Å²) in [5.74, 6) is 0.414. The minimum atomic E-state index is -0.252. The minimum Gasteiger partial charge on any atom is -0.496 e. The molecule has 0 atom stereocenters. The van der Waals surface area contributed by atoms with E-state index in [1.807, 2.05) is 0 Å². The fraction of sp³-hybridized carbons (Fsp3) is 0.133. The van der Waals surface area contributed by atoms with Gasteiger partial charge in [-0.25, -0.2) is 0 Å². The Kier molecular flexibility index (Phi) is 4.94. The van der Waals surface area contributed by atoms with Crippen LogP contribution in [0.4, 0.5) is 5.69 Å². The van der Waals surface area contributed by atoms with Crippen molar-refractivity contribution in [2.24, 2.45) is 0 Å². The standard InChI is InChI=1S/C15H14Cl2N2O2/c1-21-14-5-3-11(18)6-10(14)8-19-15(20)9-2-4-12(16)13(17)7-9/h2-7H,8,18H2,1H3,(H,19,20). The van der Waals surface area contributed by atoms with Crippen molar-refractivity contribution in [2.75, 3.05) is 12.8 Å². The van der Waals surface area contributed by atoms with Gasteiger partial charge in [-0.2, -0.15) is 0 Å². The van der Waals surface area contributed by atoms with Crippen LogP contribution in [0.2, 0.25) is 10.0 Å². The number of amides is 1. The second-order valence-corrected chi connectivity index (χ2v) is 5.20. The van der Waals surface area contributed by atoms with E-state index in [4.69, 9.17) is 33.7 Å². The summed E-state index contributed by atoms with van der Waals surface area (Å²) >= 11 is 11.7. The van der Waals surface area contributed by atoms with Crippen LogP contribution in [-0.2, 0) is 6.54 Å². The lowest BCUT2D eigenvalue weighted by molar-refractivity contribution is 0.0950. The minimum absolute atomic E-state index is 0.252. The molecular formula is C15H14Cl2N2O2. The van der Waals surface area contributed by atoms with Crippen LogP contribution < -0.4 is 15.8 Å². The van der Waals surface area contributed by atoms with Gasteiger partial charge in [-0.15, -0.1) is 0 Å². The molecule has 1 amide bonds. The lowest BCUT2D eigenvalue weighted by atomic mass is 10.1. The molecule has 0 radical (unpaired) electrons. The zero-order valence-corrected chi connectivity index (χ0v) is 12.8. The summed E-state index contributed by atoms with van der Waals surface area (Å²) in [6, 6.07) is 9.98. The highest BCUT2D eigenvalue weighted by molar-refractivity contribution is 6.42. The Bertz CT molecular complexity index is 675. The van der Waals surface area contributed by atoms with Crippen molar-refractivity contribution < 1.29 is 9.53 Å². The van der Waals surface area contributed by atoms with Crippen molar-refractivity contribution in [1.82, 2.24) is 5.32 Å². The van der Waals surface area contributed by atoms with Gasteiger partial charge in [0, 0.05) is 23.4 Å². The molecule has 2 aromatic carbocycles. The maximum absolute atomic E-state index is 12.1. The zero-order chi connectivity index (χ0) is 15.4. The molecular weight excluding hydrogens is 311 g/mol. The Balaban J connectivity index is 2.10. The molecule has 21 heavy (non-hydrogen) atoms. The van der Waals surface area contributed by atoms with Crippen molar-refractivity contribution in [3.63, 3.8) is 0 Å². The number of ether oxygens (including phenoxy) is 1. The average Bonchev–Trinajstić information content (AvgIpc) is 2.47. The number of carbonyl (C=O) groups excluding carboxylic acids is 1. The highest BCUT2D eigenvalue weighted by Crippen LogP contribution is 2.23. The first kappa shape index (κ1) is 15.5. The topological polar surface area (TPSA) is 64.3 Å². The summed E-state index contributed by atoms with van der Waals surface area (Å²) in [5, 5.41) is 3.53. The number of halogens is 2. The van der Waals surface area contributed by atoms with Crippen LogP contribution >= 0.6 is 23.2 Å². The van der Waals surface area contributed by atoms with Crippen LogP contribution in [0.15, 0.2) is 36.4 Å². The highest BCUT2D eigenvalue weighted by Gasteiger charge is 2.10. The Hall–Kier alpha value is -1.91. The first-order chi connectivity index (χ1) is 10.0. The molecule has 0 fully saturated rings. The normalized spacial score (nSPS) is 10.2. The van der Waals surface area contributed by atoms with Crippen LogP contribution in [0.25, 0.3) is 0 Å². The van der Waals surface area contributed by atoms with Gasteiger partial charge in [-0.05, 0) is 36.4 Å². The summed E-state index contributed by atoms with van der Waals surface area (Å²) in [7, 11) is 1.57. The van der Waals surface area contributed by atoms with E-state index in [9.17, 15) is 4.79 Å². The molecule has 2 rings (SSSR count). The number of carbonyl (C=O) groups is 1. The number of benzene rings is 2. The Morgan fingerprint density at radius 2 is 1.95 bits per heavy atom. The van der Waals surface area contributed by atoms with Gasteiger partial charge >= 0.3 is 0 Å². The number of anilines is 1. The third kappa shape index (κ3) is 3.80. The van der Waals surface area contributed by atoms with Crippen LogP contribution in [0.1, 0.15) is 15.9 Å². The van der Waals surface area contributed by atoms with Crippen molar-refractivity contribution >= 4 is 34.8 Å². The first-order valence-electron chi connectivity index (χ1n) is 6.17. The zero-order valence-electron chi connectivity index (χ0n) is 11.3. The summed E-state index contributed by atoms with van der Waals surface area (Å²) in [4.78, 5) is 12.1. The lowest BCUT2D eigenvalue weighted by Gasteiger charge is -2.11. The predicted molar refractivity (Wildman–Crippen MR) is 85.0 cm³/mol. The molecule has 0 bridgehead atoms. The van der Waals surface area contributed by atoms with E-state index in [1.165, 1.54) is 6.07 Å². The Labute approximate surface area is 132 Å². The van der Waals surface area contributed by atoms with E-state index in [2.05, 4.69) is 5.32 Å². The summed E-state index contributed by atoms with van der Waals surface area (Å²) in [5.41, 5.74) is 7.58. The van der Waals surface area contributed by atoms with Crippen molar-refractivity contribution in [2.45, 2.75) is 6.54 Å². The molecule has 3 N–H and O–H groups in total. The Morgan fingerprint density at radius 3 is 2.62 bits per heavy atom. The van der Waals surface area contributed by atoms with Crippen LogP contribution in [0.5, 0.6) is 5.75 Å². The van der Waals surface area contributed by atoms with Gasteiger partial charge in [0.25, 0.3) is 5.91 Å². The van der Waals surface area contributed by atoms with Crippen molar-refractivity contribution in [3.05, 3.63) is 57.6 Å². The van der Waals surface area contributed by atoms with E-state index in [0.29, 0.717) is 33.6 Å². The number of hydrogen-bond donors (Lipinski definition) is 2. The number of rotatable bonds is 4. The maximum atomic E-state index is 12.1. The number of methoxy groups -OCH3 is 1. The van der Waals surface area contributed by atoms with E-state index in [-0.39, 0.29) is 5.91 Å².